The van der Waals surface area contributed by atoms with Crippen molar-refractivity contribution in [1.82, 2.24) is 20.3 Å². The predicted octanol–water partition coefficient (Wildman–Crippen LogP) is 3.57. The van der Waals surface area contributed by atoms with E-state index in [0.29, 0.717) is 0 Å². The summed E-state index contributed by atoms with van der Waals surface area (Å²) in [6.07, 6.45) is 6.40. The van der Waals surface area contributed by atoms with Crippen LogP contribution in [0.4, 0.5) is 11.5 Å². The summed E-state index contributed by atoms with van der Waals surface area (Å²) < 4.78 is 0. The van der Waals surface area contributed by atoms with Gasteiger partial charge in [-0.15, -0.1) is 0 Å². The second-order valence-corrected chi connectivity index (χ2v) is 8.10. The normalized spacial score (nSPS) is 18.7. The minimum Gasteiger partial charge on any atom is -0.373 e. The highest BCUT2D eigenvalue weighted by atomic mass is 16.2. The highest BCUT2D eigenvalue weighted by Crippen LogP contribution is 2.25. The molecule has 0 radical (unpaired) electrons. The number of para-hydroxylation sites is 1. The van der Waals surface area contributed by atoms with E-state index in [2.05, 4.69) is 44.3 Å². The summed E-state index contributed by atoms with van der Waals surface area (Å²) in [7, 11) is 0. The van der Waals surface area contributed by atoms with Gasteiger partial charge in [0.15, 0.2) is 0 Å². The van der Waals surface area contributed by atoms with Crippen LogP contribution >= 0.6 is 0 Å². The van der Waals surface area contributed by atoms with Crippen LogP contribution in [0.2, 0.25) is 0 Å². The molecule has 1 saturated heterocycles. The van der Waals surface area contributed by atoms with Gasteiger partial charge in [0.2, 0.25) is 5.91 Å². The average Bonchev–Trinajstić information content (AvgIpc) is 3.27. The van der Waals surface area contributed by atoms with Gasteiger partial charge in [0.1, 0.15) is 23.8 Å². The number of amides is 1. The van der Waals surface area contributed by atoms with Crippen LogP contribution < -0.4 is 15.5 Å². The number of aromatic amines is 1. The van der Waals surface area contributed by atoms with Crippen molar-refractivity contribution >= 4 is 28.4 Å². The zero-order valence-electron chi connectivity index (χ0n) is 17.6. The van der Waals surface area contributed by atoms with E-state index >= 15 is 0 Å². The van der Waals surface area contributed by atoms with Crippen molar-refractivity contribution in [2.75, 3.05) is 23.3 Å². The van der Waals surface area contributed by atoms with Crippen LogP contribution in [0.3, 0.4) is 0 Å². The largest absolute Gasteiger partial charge is 0.373 e. The quantitative estimate of drug-likeness (QED) is 0.558. The summed E-state index contributed by atoms with van der Waals surface area (Å²) in [5.74, 6) is 1.22. The summed E-state index contributed by atoms with van der Waals surface area (Å²) in [5, 5.41) is 7.76. The van der Waals surface area contributed by atoms with Crippen molar-refractivity contribution in [3.05, 3.63) is 48.9 Å². The molecule has 1 fully saturated rings. The zero-order valence-corrected chi connectivity index (χ0v) is 17.6. The molecule has 1 aliphatic heterocycles. The van der Waals surface area contributed by atoms with E-state index in [4.69, 9.17) is 0 Å². The molecule has 7 heteroatoms. The van der Waals surface area contributed by atoms with Gasteiger partial charge in [0.05, 0.1) is 5.39 Å². The summed E-state index contributed by atoms with van der Waals surface area (Å²) in [4.78, 5) is 27.4. The SMILES string of the molecule is CC[C@H](C)[C@@H](Nc1ccccc1)C(=O)NC1CCCN(c2ncnc3[nH]ccc23)C1. The standard InChI is InChI=1S/C23H30N6O/c1-3-16(2)20(27-17-8-5-4-6-9-17)23(30)28-18-10-7-13-29(14-18)22-19-11-12-24-21(19)25-15-26-22/h4-6,8-9,11-12,15-16,18,20,27H,3,7,10,13-14H2,1-2H3,(H,28,30)(H,24,25,26)/t16-,18?,20+/m0/s1. The van der Waals surface area contributed by atoms with Gasteiger partial charge in [-0.1, -0.05) is 38.5 Å². The van der Waals surface area contributed by atoms with Gasteiger partial charge in [-0.25, -0.2) is 9.97 Å². The maximum absolute atomic E-state index is 13.2. The Kier molecular flexibility index (Phi) is 6.16. The first kappa shape index (κ1) is 20.2. The van der Waals surface area contributed by atoms with Gasteiger partial charge in [0.25, 0.3) is 0 Å². The van der Waals surface area contributed by atoms with Crippen molar-refractivity contribution in [2.24, 2.45) is 5.92 Å². The number of hydrogen-bond acceptors (Lipinski definition) is 5. The highest BCUT2D eigenvalue weighted by molar-refractivity contribution is 5.88. The summed E-state index contributed by atoms with van der Waals surface area (Å²) in [5.41, 5.74) is 1.81. The first-order chi connectivity index (χ1) is 14.7. The molecule has 0 aliphatic carbocycles. The average molecular weight is 407 g/mol. The van der Waals surface area contributed by atoms with Crippen LogP contribution in [-0.2, 0) is 4.79 Å². The maximum atomic E-state index is 13.2. The van der Waals surface area contributed by atoms with Gasteiger partial charge in [-0.2, -0.15) is 0 Å². The van der Waals surface area contributed by atoms with E-state index in [-0.39, 0.29) is 23.9 Å². The number of nitrogens with one attached hydrogen (secondary N) is 3. The molecule has 158 valence electrons. The van der Waals surface area contributed by atoms with Crippen LogP contribution in [0.15, 0.2) is 48.9 Å². The smallest absolute Gasteiger partial charge is 0.243 e. The third-order valence-corrected chi connectivity index (χ3v) is 5.99. The topological polar surface area (TPSA) is 85.9 Å². The Bertz CT molecular complexity index is 972. The van der Waals surface area contributed by atoms with Gasteiger partial charge >= 0.3 is 0 Å². The molecule has 3 aromatic rings. The third kappa shape index (κ3) is 4.40. The predicted molar refractivity (Wildman–Crippen MR) is 121 cm³/mol. The summed E-state index contributed by atoms with van der Waals surface area (Å²) in [6.45, 7) is 5.93. The zero-order chi connectivity index (χ0) is 20.9. The molecular formula is C23H30N6O. The van der Waals surface area contributed by atoms with Crippen molar-refractivity contribution in [3.8, 4) is 0 Å². The molecule has 1 unspecified atom stereocenters. The minimum absolute atomic E-state index is 0.0644. The second kappa shape index (κ2) is 9.15. The lowest BCUT2D eigenvalue weighted by atomic mass is 9.96. The van der Waals surface area contributed by atoms with Crippen LogP contribution in [0, 0.1) is 5.92 Å². The number of rotatable bonds is 7. The molecule has 7 nitrogen and oxygen atoms in total. The molecule has 0 bridgehead atoms. The van der Waals surface area contributed by atoms with E-state index < -0.39 is 0 Å². The van der Waals surface area contributed by atoms with E-state index in [0.717, 1.165) is 54.9 Å². The van der Waals surface area contributed by atoms with E-state index in [1.165, 1.54) is 0 Å². The molecule has 2 aromatic heterocycles. The second-order valence-electron chi connectivity index (χ2n) is 8.10. The lowest BCUT2D eigenvalue weighted by molar-refractivity contribution is -0.123. The van der Waals surface area contributed by atoms with Gasteiger partial charge < -0.3 is 20.5 Å². The van der Waals surface area contributed by atoms with Crippen molar-refractivity contribution in [2.45, 2.75) is 45.2 Å². The fraction of sp³-hybridized carbons (Fsp3) is 0.435. The Morgan fingerprint density at radius 2 is 2.10 bits per heavy atom. The molecule has 4 rings (SSSR count). The fourth-order valence-corrected chi connectivity index (χ4v) is 4.10. The first-order valence-corrected chi connectivity index (χ1v) is 10.8. The van der Waals surface area contributed by atoms with Crippen LogP contribution in [-0.4, -0.2) is 46.0 Å². The van der Waals surface area contributed by atoms with Crippen LogP contribution in [0.25, 0.3) is 11.0 Å². The molecule has 1 aliphatic rings. The minimum atomic E-state index is -0.261. The summed E-state index contributed by atoms with van der Waals surface area (Å²) >= 11 is 0. The number of hydrogen-bond donors (Lipinski definition) is 3. The van der Waals surface area contributed by atoms with E-state index in [1.54, 1.807) is 6.33 Å². The molecule has 0 saturated carbocycles. The van der Waals surface area contributed by atoms with E-state index in [1.807, 2.05) is 42.6 Å². The van der Waals surface area contributed by atoms with Gasteiger partial charge in [0, 0.05) is 31.0 Å². The number of carbonyl (C=O) groups is 1. The number of carbonyl (C=O) groups excluding carboxylic acids is 1. The Morgan fingerprint density at radius 3 is 2.90 bits per heavy atom. The molecule has 1 amide bonds. The molecule has 3 heterocycles. The number of anilines is 2. The monoisotopic (exact) mass is 406 g/mol. The van der Waals surface area contributed by atoms with Crippen molar-refractivity contribution in [3.63, 3.8) is 0 Å². The van der Waals surface area contributed by atoms with Gasteiger partial charge in [-0.3, -0.25) is 4.79 Å². The highest BCUT2D eigenvalue weighted by Gasteiger charge is 2.29. The molecule has 1 aromatic carbocycles. The number of H-pyrrole nitrogens is 1. The number of aromatic nitrogens is 3. The molecule has 3 N–H and O–H groups in total. The molecular weight excluding hydrogens is 376 g/mol. The number of nitrogens with zero attached hydrogens (tertiary/aromatic N) is 3. The van der Waals surface area contributed by atoms with Crippen molar-refractivity contribution in [1.29, 1.82) is 0 Å². The Hall–Kier alpha value is -3.09. The molecule has 30 heavy (non-hydrogen) atoms. The fourth-order valence-electron chi connectivity index (χ4n) is 4.10. The number of benzene rings is 1. The van der Waals surface area contributed by atoms with Gasteiger partial charge in [-0.05, 0) is 37.0 Å². The van der Waals surface area contributed by atoms with Crippen LogP contribution in [0.5, 0.6) is 0 Å². The Balaban J connectivity index is 1.45. The lowest BCUT2D eigenvalue weighted by Gasteiger charge is -2.35. The number of fused-ring (bicyclic) bond motifs is 1. The maximum Gasteiger partial charge on any atom is 0.243 e. The molecule has 3 atom stereocenters. The molecule has 0 spiro atoms. The Morgan fingerprint density at radius 1 is 1.27 bits per heavy atom. The number of piperidine rings is 1. The van der Waals surface area contributed by atoms with E-state index in [9.17, 15) is 4.79 Å². The lowest BCUT2D eigenvalue weighted by Crippen LogP contribution is -2.53. The first-order valence-electron chi connectivity index (χ1n) is 10.8. The van der Waals surface area contributed by atoms with Crippen molar-refractivity contribution < 1.29 is 4.79 Å². The Labute approximate surface area is 177 Å². The van der Waals surface area contributed by atoms with Crippen LogP contribution in [0.1, 0.15) is 33.1 Å². The third-order valence-electron chi connectivity index (χ3n) is 5.99. The summed E-state index contributed by atoms with van der Waals surface area (Å²) in [6, 6.07) is 11.8.